The lowest BCUT2D eigenvalue weighted by atomic mass is 9.91. The smallest absolute Gasteiger partial charge is 0.128 e. The zero-order valence-electron chi connectivity index (χ0n) is 13.5. The van der Waals surface area contributed by atoms with Crippen molar-refractivity contribution >= 4 is 5.82 Å². The van der Waals surface area contributed by atoms with Crippen molar-refractivity contribution in [3.05, 3.63) is 23.9 Å². The molecule has 0 radical (unpaired) electrons. The highest BCUT2D eigenvalue weighted by Crippen LogP contribution is 2.25. The van der Waals surface area contributed by atoms with Gasteiger partial charge in [0, 0.05) is 19.8 Å². The predicted octanol–water partition coefficient (Wildman–Crippen LogP) is 2.57. The van der Waals surface area contributed by atoms with Crippen LogP contribution in [0.25, 0.3) is 0 Å². The fraction of sp³-hybridized carbons (Fsp3) is 0.706. The Morgan fingerprint density at radius 2 is 2.10 bits per heavy atom. The van der Waals surface area contributed by atoms with Gasteiger partial charge in [0.25, 0.3) is 0 Å². The van der Waals surface area contributed by atoms with Crippen LogP contribution in [0, 0.1) is 5.92 Å². The Morgan fingerprint density at radius 3 is 2.71 bits per heavy atom. The minimum absolute atomic E-state index is 0.205. The Morgan fingerprint density at radius 1 is 1.33 bits per heavy atom. The quantitative estimate of drug-likeness (QED) is 0.846. The first-order valence-electron chi connectivity index (χ1n) is 8.14. The average Bonchev–Trinajstić information content (AvgIpc) is 2.47. The van der Waals surface area contributed by atoms with Crippen molar-refractivity contribution in [3.63, 3.8) is 0 Å². The highest BCUT2D eigenvalue weighted by atomic mass is 16.3. The lowest BCUT2D eigenvalue weighted by molar-refractivity contribution is 0.106. The number of hydrogen-bond donors (Lipinski definition) is 2. The van der Waals surface area contributed by atoms with E-state index in [1.807, 2.05) is 13.2 Å². The van der Waals surface area contributed by atoms with Gasteiger partial charge in [-0.25, -0.2) is 4.98 Å². The second-order valence-electron chi connectivity index (χ2n) is 6.58. The van der Waals surface area contributed by atoms with Crippen LogP contribution in [0.4, 0.5) is 5.82 Å². The normalized spacial score (nSPS) is 22.5. The van der Waals surface area contributed by atoms with Gasteiger partial charge in [0.05, 0.1) is 12.1 Å². The molecule has 2 atom stereocenters. The second kappa shape index (κ2) is 7.76. The summed E-state index contributed by atoms with van der Waals surface area (Å²) < 4.78 is 0. The second-order valence-corrected chi connectivity index (χ2v) is 6.58. The Bertz CT molecular complexity index is 419. The van der Waals surface area contributed by atoms with Crippen molar-refractivity contribution in [2.24, 2.45) is 5.92 Å². The highest BCUT2D eigenvalue weighted by Gasteiger charge is 2.27. The van der Waals surface area contributed by atoms with Gasteiger partial charge in [-0.15, -0.1) is 0 Å². The zero-order valence-corrected chi connectivity index (χ0v) is 13.5. The van der Waals surface area contributed by atoms with Crippen LogP contribution in [-0.4, -0.2) is 35.8 Å². The summed E-state index contributed by atoms with van der Waals surface area (Å²) in [4.78, 5) is 6.69. The molecular formula is C17H29N3O. The molecule has 0 aromatic carbocycles. The van der Waals surface area contributed by atoms with Gasteiger partial charge < -0.3 is 15.3 Å². The SMILES string of the molecule is CC(C)CNCc1ccc(N(C)C2CCCCC2O)nc1. The summed E-state index contributed by atoms with van der Waals surface area (Å²) >= 11 is 0. The summed E-state index contributed by atoms with van der Waals surface area (Å²) in [6, 6.07) is 4.39. The van der Waals surface area contributed by atoms with Gasteiger partial charge in [0.15, 0.2) is 0 Å². The van der Waals surface area contributed by atoms with Crippen molar-refractivity contribution in [2.45, 2.75) is 58.2 Å². The summed E-state index contributed by atoms with van der Waals surface area (Å²) in [6.07, 6.45) is 6.01. The fourth-order valence-corrected chi connectivity index (χ4v) is 2.95. The van der Waals surface area contributed by atoms with Gasteiger partial charge in [-0.3, -0.25) is 0 Å². The number of hydrogen-bond acceptors (Lipinski definition) is 4. The molecule has 4 heteroatoms. The first-order valence-corrected chi connectivity index (χ1v) is 8.14. The van der Waals surface area contributed by atoms with Gasteiger partial charge in [0.1, 0.15) is 5.82 Å². The number of likely N-dealkylation sites (N-methyl/N-ethyl adjacent to an activating group) is 1. The standard InChI is InChI=1S/C17H29N3O/c1-13(2)10-18-11-14-8-9-17(19-12-14)20(3)15-6-4-5-7-16(15)21/h8-9,12-13,15-16,18,21H,4-7,10-11H2,1-3H3. The fourth-order valence-electron chi connectivity index (χ4n) is 2.95. The van der Waals surface area contributed by atoms with Crippen molar-refractivity contribution in [1.82, 2.24) is 10.3 Å². The molecule has 0 saturated heterocycles. The molecule has 4 nitrogen and oxygen atoms in total. The van der Waals surface area contributed by atoms with Gasteiger partial charge in [-0.2, -0.15) is 0 Å². The maximum Gasteiger partial charge on any atom is 0.128 e. The molecule has 1 aromatic heterocycles. The zero-order chi connectivity index (χ0) is 15.2. The third-order valence-corrected chi connectivity index (χ3v) is 4.24. The van der Waals surface area contributed by atoms with Crippen LogP contribution in [0.3, 0.4) is 0 Å². The third kappa shape index (κ3) is 4.68. The van der Waals surface area contributed by atoms with E-state index < -0.39 is 0 Å². The van der Waals surface area contributed by atoms with Crippen LogP contribution >= 0.6 is 0 Å². The monoisotopic (exact) mass is 291 g/mol. The molecule has 2 rings (SSSR count). The van der Waals surface area contributed by atoms with E-state index in [1.165, 1.54) is 12.0 Å². The summed E-state index contributed by atoms with van der Waals surface area (Å²) in [5.41, 5.74) is 1.21. The maximum absolute atomic E-state index is 10.1. The minimum atomic E-state index is -0.224. The van der Waals surface area contributed by atoms with Crippen LogP contribution < -0.4 is 10.2 Å². The molecule has 0 amide bonds. The Kier molecular flexibility index (Phi) is 6.00. The molecule has 21 heavy (non-hydrogen) atoms. The van der Waals surface area contributed by atoms with E-state index in [0.29, 0.717) is 5.92 Å². The van der Waals surface area contributed by atoms with Gasteiger partial charge in [-0.05, 0) is 36.9 Å². The number of anilines is 1. The minimum Gasteiger partial charge on any atom is -0.391 e. The van der Waals surface area contributed by atoms with E-state index in [1.54, 1.807) is 0 Å². The van der Waals surface area contributed by atoms with Crippen molar-refractivity contribution in [1.29, 1.82) is 0 Å². The van der Waals surface area contributed by atoms with E-state index >= 15 is 0 Å². The molecule has 118 valence electrons. The summed E-state index contributed by atoms with van der Waals surface area (Å²) in [7, 11) is 2.04. The molecule has 1 heterocycles. The molecular weight excluding hydrogens is 262 g/mol. The maximum atomic E-state index is 10.1. The Balaban J connectivity index is 1.91. The molecule has 1 aliphatic rings. The number of nitrogens with one attached hydrogen (secondary N) is 1. The van der Waals surface area contributed by atoms with Crippen LogP contribution in [0.5, 0.6) is 0 Å². The number of nitrogens with zero attached hydrogens (tertiary/aromatic N) is 2. The van der Waals surface area contributed by atoms with E-state index in [2.05, 4.69) is 41.2 Å². The van der Waals surface area contributed by atoms with Gasteiger partial charge >= 0.3 is 0 Å². The molecule has 0 bridgehead atoms. The number of pyridine rings is 1. The number of aliphatic hydroxyl groups is 1. The largest absolute Gasteiger partial charge is 0.391 e. The molecule has 1 aromatic rings. The van der Waals surface area contributed by atoms with Gasteiger partial charge in [-0.1, -0.05) is 32.8 Å². The van der Waals surface area contributed by atoms with E-state index in [-0.39, 0.29) is 12.1 Å². The van der Waals surface area contributed by atoms with Crippen LogP contribution in [-0.2, 0) is 6.54 Å². The summed E-state index contributed by atoms with van der Waals surface area (Å²) in [5.74, 6) is 1.62. The molecule has 1 fully saturated rings. The van der Waals surface area contributed by atoms with Crippen molar-refractivity contribution < 1.29 is 5.11 Å². The average molecular weight is 291 g/mol. The number of rotatable bonds is 6. The molecule has 2 N–H and O–H groups in total. The Hall–Kier alpha value is -1.13. The summed E-state index contributed by atoms with van der Waals surface area (Å²) in [5, 5.41) is 13.6. The van der Waals surface area contributed by atoms with E-state index in [9.17, 15) is 5.11 Å². The van der Waals surface area contributed by atoms with Crippen molar-refractivity contribution in [2.75, 3.05) is 18.5 Å². The molecule has 0 spiro atoms. The van der Waals surface area contributed by atoms with Crippen molar-refractivity contribution in [3.8, 4) is 0 Å². The predicted molar refractivity (Wildman–Crippen MR) is 87.4 cm³/mol. The number of aromatic nitrogens is 1. The number of aliphatic hydroxyl groups excluding tert-OH is 1. The van der Waals surface area contributed by atoms with E-state index in [0.717, 1.165) is 38.2 Å². The highest BCUT2D eigenvalue weighted by molar-refractivity contribution is 5.40. The van der Waals surface area contributed by atoms with Crippen LogP contribution in [0.15, 0.2) is 18.3 Å². The van der Waals surface area contributed by atoms with Gasteiger partial charge in [0.2, 0.25) is 0 Å². The molecule has 2 unspecified atom stereocenters. The van der Waals surface area contributed by atoms with Crippen LogP contribution in [0.2, 0.25) is 0 Å². The third-order valence-electron chi connectivity index (χ3n) is 4.24. The molecule has 0 aliphatic heterocycles. The topological polar surface area (TPSA) is 48.4 Å². The molecule has 1 saturated carbocycles. The lowest BCUT2D eigenvalue weighted by Gasteiger charge is -2.35. The summed E-state index contributed by atoms with van der Waals surface area (Å²) in [6.45, 7) is 6.30. The Labute approximate surface area is 128 Å². The first kappa shape index (κ1) is 16.2. The van der Waals surface area contributed by atoms with E-state index in [4.69, 9.17) is 0 Å². The first-order chi connectivity index (χ1) is 10.1. The lowest BCUT2D eigenvalue weighted by Crippen LogP contribution is -2.43. The molecule has 1 aliphatic carbocycles. The van der Waals surface area contributed by atoms with Crippen LogP contribution in [0.1, 0.15) is 45.1 Å².